The van der Waals surface area contributed by atoms with Crippen LogP contribution in [0.3, 0.4) is 0 Å². The lowest BCUT2D eigenvalue weighted by molar-refractivity contribution is -0.137. The maximum absolute atomic E-state index is 13.7. The summed E-state index contributed by atoms with van der Waals surface area (Å²) in [6.45, 7) is 3.42. The first-order valence-corrected chi connectivity index (χ1v) is 13.7. The number of nitrogens with one attached hydrogen (secondary N) is 1. The van der Waals surface area contributed by atoms with E-state index in [0.717, 1.165) is 35.7 Å². The number of hydrogen-bond acceptors (Lipinski definition) is 7. The van der Waals surface area contributed by atoms with Gasteiger partial charge in [-0.25, -0.2) is 4.52 Å². The normalized spacial score (nSPS) is 16.3. The number of nitrogens with zero attached hydrogens (tertiary/aromatic N) is 6. The second kappa shape index (κ2) is 10.2. The van der Waals surface area contributed by atoms with Crippen LogP contribution in [0.25, 0.3) is 5.52 Å². The highest BCUT2D eigenvalue weighted by Crippen LogP contribution is 2.36. The molecule has 0 atom stereocenters. The minimum atomic E-state index is -4.54. The summed E-state index contributed by atoms with van der Waals surface area (Å²) in [6, 6.07) is 3.71. The Morgan fingerprint density at radius 1 is 1.02 bits per heavy atom. The number of aromatic nitrogens is 3. The summed E-state index contributed by atoms with van der Waals surface area (Å²) in [6.07, 6.45) is 2.28. The zero-order valence-corrected chi connectivity index (χ0v) is 22.4. The van der Waals surface area contributed by atoms with E-state index in [0.29, 0.717) is 54.9 Å². The second-order valence-corrected chi connectivity index (χ2v) is 11.0. The lowest BCUT2D eigenvalue weighted by Crippen LogP contribution is -2.44. The molecule has 2 amide bonds. The van der Waals surface area contributed by atoms with E-state index in [1.807, 2.05) is 11.9 Å². The topological polar surface area (TPSA) is 86.1 Å². The zero-order valence-electron chi connectivity index (χ0n) is 21.6. The summed E-state index contributed by atoms with van der Waals surface area (Å²) < 4.78 is 42.8. The van der Waals surface area contributed by atoms with Crippen molar-refractivity contribution in [2.24, 2.45) is 0 Å². The number of fused-ring (bicyclic) bond motifs is 2. The molecule has 0 saturated carbocycles. The molecule has 0 bridgehead atoms. The van der Waals surface area contributed by atoms with Gasteiger partial charge in [-0.15, -0.1) is 11.3 Å². The minimum Gasteiger partial charge on any atom is -0.369 e. The number of carbonyl (C=O) groups excluding carboxylic acids is 2. The van der Waals surface area contributed by atoms with Crippen LogP contribution in [0, 0.1) is 0 Å². The van der Waals surface area contributed by atoms with Crippen molar-refractivity contribution < 1.29 is 22.8 Å². The smallest absolute Gasteiger partial charge is 0.369 e. The number of anilines is 2. The molecule has 208 valence electrons. The molecule has 2 aliphatic heterocycles. The number of thiophene rings is 1. The lowest BCUT2D eigenvalue weighted by atomic mass is 10.0. The highest BCUT2D eigenvalue weighted by atomic mass is 32.1. The van der Waals surface area contributed by atoms with Gasteiger partial charge in [-0.1, -0.05) is 0 Å². The third-order valence-electron chi connectivity index (χ3n) is 7.41. The molecule has 13 heteroatoms. The van der Waals surface area contributed by atoms with Gasteiger partial charge in [-0.05, 0) is 37.2 Å². The summed E-state index contributed by atoms with van der Waals surface area (Å²) in [5.41, 5.74) is 2.03. The first kappa shape index (κ1) is 26.3. The van der Waals surface area contributed by atoms with Crippen molar-refractivity contribution >= 4 is 40.0 Å². The van der Waals surface area contributed by atoms with Gasteiger partial charge < -0.3 is 20.0 Å². The molecule has 1 fully saturated rings. The molecule has 40 heavy (non-hydrogen) atoms. The number of carbonyl (C=O) groups is 2. The molecule has 2 aliphatic rings. The summed E-state index contributed by atoms with van der Waals surface area (Å²) in [7, 11) is 1.98. The Balaban J connectivity index is 1.21. The average molecular weight is 570 g/mol. The van der Waals surface area contributed by atoms with Crippen molar-refractivity contribution in [2.45, 2.75) is 19.1 Å². The molecule has 9 nitrogen and oxygen atoms in total. The van der Waals surface area contributed by atoms with E-state index in [2.05, 4.69) is 20.3 Å². The van der Waals surface area contributed by atoms with Crippen molar-refractivity contribution in [3.63, 3.8) is 0 Å². The van der Waals surface area contributed by atoms with Crippen LogP contribution in [0.4, 0.5) is 24.5 Å². The number of hydrogen-bond donors (Lipinski definition) is 1. The van der Waals surface area contributed by atoms with Crippen molar-refractivity contribution in [2.75, 3.05) is 50.0 Å². The molecule has 3 aromatic heterocycles. The number of alkyl halides is 3. The summed E-state index contributed by atoms with van der Waals surface area (Å²) in [5.74, 6) is -0.636. The number of amides is 2. The lowest BCUT2D eigenvalue weighted by Gasteiger charge is -2.34. The fourth-order valence-corrected chi connectivity index (χ4v) is 6.25. The van der Waals surface area contributed by atoms with Gasteiger partial charge in [-0.3, -0.25) is 14.6 Å². The van der Waals surface area contributed by atoms with Crippen LogP contribution in [0.5, 0.6) is 0 Å². The van der Waals surface area contributed by atoms with Gasteiger partial charge in [0.15, 0.2) is 0 Å². The molecule has 6 rings (SSSR count). The van der Waals surface area contributed by atoms with E-state index < -0.39 is 17.6 Å². The fourth-order valence-electron chi connectivity index (χ4n) is 5.15. The number of likely N-dealkylation sites (N-methyl/N-ethyl adjacent to an activating group) is 1. The Hall–Kier alpha value is -3.97. The van der Waals surface area contributed by atoms with Crippen LogP contribution in [0.15, 0.2) is 48.4 Å². The maximum atomic E-state index is 13.7. The van der Waals surface area contributed by atoms with Crippen LogP contribution in [0.2, 0.25) is 0 Å². The predicted octanol–water partition coefficient (Wildman–Crippen LogP) is 4.01. The molecule has 1 aromatic carbocycles. The standard InChI is InChI=1S/C27H26F3N7O2S/c1-34-6-8-35(9-7-34)19-11-17(27(28,29)30)10-18(12-19)33-25(38)22-16-40-24-15-36(4-2-20(22)24)26(39)21-13-32-37-5-3-31-14-23(21)37/h3,5,10-14,16H,2,4,6-9,15H2,1H3,(H,33,38). The Labute approximate surface area is 231 Å². The Kier molecular flexibility index (Phi) is 6.70. The molecule has 5 heterocycles. The molecular weight excluding hydrogens is 543 g/mol. The van der Waals surface area contributed by atoms with Crippen molar-refractivity contribution in [3.05, 3.63) is 75.5 Å². The van der Waals surface area contributed by atoms with Crippen molar-refractivity contribution in [1.82, 2.24) is 24.4 Å². The van der Waals surface area contributed by atoms with E-state index in [1.54, 1.807) is 39.5 Å². The molecule has 0 aliphatic carbocycles. The highest BCUT2D eigenvalue weighted by molar-refractivity contribution is 7.10. The largest absolute Gasteiger partial charge is 0.416 e. The Morgan fingerprint density at radius 2 is 1.82 bits per heavy atom. The van der Waals surface area contributed by atoms with Gasteiger partial charge >= 0.3 is 6.18 Å². The van der Waals surface area contributed by atoms with Gasteiger partial charge in [0.2, 0.25) is 0 Å². The molecule has 0 unspecified atom stereocenters. The molecule has 1 N–H and O–H groups in total. The van der Waals surface area contributed by atoms with Gasteiger partial charge in [0.25, 0.3) is 11.8 Å². The van der Waals surface area contributed by atoms with Gasteiger partial charge in [0, 0.05) is 66.7 Å². The van der Waals surface area contributed by atoms with E-state index in [9.17, 15) is 22.8 Å². The van der Waals surface area contributed by atoms with Crippen LogP contribution in [-0.4, -0.2) is 76.0 Å². The summed E-state index contributed by atoms with van der Waals surface area (Å²) in [5, 5.41) is 8.62. The van der Waals surface area contributed by atoms with Gasteiger partial charge in [-0.2, -0.15) is 18.3 Å². The van der Waals surface area contributed by atoms with Gasteiger partial charge in [0.1, 0.15) is 0 Å². The third-order valence-corrected chi connectivity index (χ3v) is 8.42. The number of piperazine rings is 1. The van der Waals surface area contributed by atoms with E-state index in [4.69, 9.17) is 0 Å². The predicted molar refractivity (Wildman–Crippen MR) is 145 cm³/mol. The zero-order chi connectivity index (χ0) is 28.0. The number of rotatable bonds is 4. The van der Waals surface area contributed by atoms with Crippen LogP contribution >= 0.6 is 11.3 Å². The maximum Gasteiger partial charge on any atom is 0.416 e. The van der Waals surface area contributed by atoms with Crippen LogP contribution in [-0.2, 0) is 19.1 Å². The molecule has 4 aromatic rings. The van der Waals surface area contributed by atoms with E-state index in [-0.39, 0.29) is 11.6 Å². The van der Waals surface area contributed by atoms with Gasteiger partial charge in [0.05, 0.1) is 41.1 Å². The van der Waals surface area contributed by atoms with Crippen LogP contribution < -0.4 is 10.2 Å². The van der Waals surface area contributed by atoms with Crippen molar-refractivity contribution in [3.8, 4) is 0 Å². The molecular formula is C27H26F3N7O2S. The monoisotopic (exact) mass is 569 g/mol. The summed E-state index contributed by atoms with van der Waals surface area (Å²) >= 11 is 1.37. The fraction of sp³-hybridized carbons (Fsp3) is 0.333. The number of benzene rings is 1. The highest BCUT2D eigenvalue weighted by Gasteiger charge is 2.33. The SMILES string of the molecule is CN1CCN(c2cc(NC(=O)c3csc4c3CCN(C(=O)c3cnn5ccncc35)C4)cc(C(F)(F)F)c2)CC1. The molecule has 0 spiro atoms. The number of halogens is 3. The first-order chi connectivity index (χ1) is 19.2. The van der Waals surface area contributed by atoms with Crippen LogP contribution in [0.1, 0.15) is 36.7 Å². The Bertz CT molecular complexity index is 1590. The van der Waals surface area contributed by atoms with Crippen molar-refractivity contribution in [1.29, 1.82) is 0 Å². The summed E-state index contributed by atoms with van der Waals surface area (Å²) in [4.78, 5) is 37.2. The average Bonchev–Trinajstić information content (AvgIpc) is 3.56. The quantitative estimate of drug-likeness (QED) is 0.400. The molecule has 1 saturated heterocycles. The van der Waals surface area contributed by atoms with E-state index >= 15 is 0 Å². The third kappa shape index (κ3) is 5.02. The molecule has 0 radical (unpaired) electrons. The minimum absolute atomic E-state index is 0.100. The Morgan fingerprint density at radius 3 is 2.60 bits per heavy atom. The van der Waals surface area contributed by atoms with E-state index in [1.165, 1.54) is 17.5 Å². The first-order valence-electron chi connectivity index (χ1n) is 12.8. The second-order valence-electron chi connectivity index (χ2n) is 10.0.